The van der Waals surface area contributed by atoms with Crippen LogP contribution in [0.2, 0.25) is 0 Å². The predicted octanol–water partition coefficient (Wildman–Crippen LogP) is 7.32. The fourth-order valence-corrected chi connectivity index (χ4v) is 5.95. The van der Waals surface area contributed by atoms with E-state index >= 15 is 0 Å². The standard InChI is InChI=1S/C34H32N2O7S/c1-37-27-14-11-22(28-20-26(36-43-28)23-18-30(38-2)33(40-4)31(19-23)39-3)17-29(27)42-16-15-41-24-12-9-21(10-13-24)34-35-25-7-5-6-8-32(25)44-34/h5-14,17-19,28H,15-16,20H2,1-4H3. The summed E-state index contributed by atoms with van der Waals surface area (Å²) in [6.45, 7) is 0.695. The Balaban J connectivity index is 1.06. The predicted molar refractivity (Wildman–Crippen MR) is 170 cm³/mol. The molecule has 9 nitrogen and oxygen atoms in total. The first-order chi connectivity index (χ1) is 21.6. The summed E-state index contributed by atoms with van der Waals surface area (Å²) in [5, 5.41) is 5.34. The molecule has 1 aliphatic rings. The molecule has 0 spiro atoms. The first kappa shape index (κ1) is 29.1. The van der Waals surface area contributed by atoms with Gasteiger partial charge in [-0.1, -0.05) is 23.4 Å². The lowest BCUT2D eigenvalue weighted by atomic mass is 9.99. The molecule has 226 valence electrons. The number of aromatic nitrogens is 1. The molecule has 4 aromatic carbocycles. The Hall–Kier alpha value is -4.96. The monoisotopic (exact) mass is 612 g/mol. The van der Waals surface area contributed by atoms with Crippen LogP contribution in [-0.2, 0) is 4.84 Å². The second-order valence-corrected chi connectivity index (χ2v) is 10.9. The molecule has 1 aliphatic heterocycles. The van der Waals surface area contributed by atoms with E-state index in [1.165, 1.54) is 4.70 Å². The molecule has 10 heteroatoms. The molecule has 1 unspecified atom stereocenters. The third kappa shape index (κ3) is 6.07. The molecule has 0 aliphatic carbocycles. The normalized spacial score (nSPS) is 14.1. The lowest BCUT2D eigenvalue weighted by Gasteiger charge is -2.15. The van der Waals surface area contributed by atoms with Gasteiger partial charge in [0.25, 0.3) is 0 Å². The van der Waals surface area contributed by atoms with Gasteiger partial charge < -0.3 is 33.3 Å². The van der Waals surface area contributed by atoms with Crippen LogP contribution in [0.5, 0.6) is 34.5 Å². The van der Waals surface area contributed by atoms with Crippen molar-refractivity contribution in [3.63, 3.8) is 0 Å². The highest BCUT2D eigenvalue weighted by Crippen LogP contribution is 2.41. The van der Waals surface area contributed by atoms with Crippen LogP contribution >= 0.6 is 11.3 Å². The number of para-hydroxylation sites is 1. The SMILES string of the molecule is COc1ccc(C2CC(c3cc(OC)c(OC)c(OC)c3)=NO2)cc1OCCOc1ccc(-c2nc3ccccc3s2)cc1. The number of hydrogen-bond donors (Lipinski definition) is 0. The summed E-state index contributed by atoms with van der Waals surface area (Å²) in [6.07, 6.45) is 0.267. The van der Waals surface area contributed by atoms with E-state index in [1.807, 2.05) is 72.8 Å². The largest absolute Gasteiger partial charge is 0.493 e. The van der Waals surface area contributed by atoms with Crippen molar-refractivity contribution in [2.24, 2.45) is 5.16 Å². The van der Waals surface area contributed by atoms with Crippen LogP contribution in [0.25, 0.3) is 20.8 Å². The van der Waals surface area contributed by atoms with Gasteiger partial charge in [0, 0.05) is 17.5 Å². The smallest absolute Gasteiger partial charge is 0.203 e. The van der Waals surface area contributed by atoms with Crippen molar-refractivity contribution >= 4 is 27.3 Å². The van der Waals surface area contributed by atoms with Gasteiger partial charge in [-0.3, -0.25) is 0 Å². The highest BCUT2D eigenvalue weighted by molar-refractivity contribution is 7.21. The molecule has 1 atom stereocenters. The van der Waals surface area contributed by atoms with E-state index in [0.29, 0.717) is 48.4 Å². The van der Waals surface area contributed by atoms with Crippen LogP contribution < -0.4 is 28.4 Å². The summed E-state index contributed by atoms with van der Waals surface area (Å²) in [5.74, 6) is 3.62. The van der Waals surface area contributed by atoms with E-state index in [2.05, 4.69) is 11.2 Å². The van der Waals surface area contributed by atoms with E-state index in [1.54, 1.807) is 39.8 Å². The summed E-state index contributed by atoms with van der Waals surface area (Å²) in [6, 6.07) is 25.6. The Kier molecular flexibility index (Phi) is 8.69. The van der Waals surface area contributed by atoms with Crippen molar-refractivity contribution in [2.45, 2.75) is 12.5 Å². The molecule has 5 aromatic rings. The topological polar surface area (TPSA) is 89.9 Å². The fourth-order valence-electron chi connectivity index (χ4n) is 4.98. The number of nitrogens with zero attached hydrogens (tertiary/aromatic N) is 2. The molecule has 2 heterocycles. The summed E-state index contributed by atoms with van der Waals surface area (Å²) < 4.78 is 35.2. The molecule has 0 N–H and O–H groups in total. The van der Waals surface area contributed by atoms with Crippen molar-refractivity contribution in [1.82, 2.24) is 4.98 Å². The molecule has 44 heavy (non-hydrogen) atoms. The minimum Gasteiger partial charge on any atom is -0.493 e. The highest BCUT2D eigenvalue weighted by Gasteiger charge is 2.27. The van der Waals surface area contributed by atoms with Crippen LogP contribution in [0.3, 0.4) is 0 Å². The van der Waals surface area contributed by atoms with Crippen molar-refractivity contribution in [1.29, 1.82) is 0 Å². The number of oxime groups is 1. The average molecular weight is 613 g/mol. The van der Waals surface area contributed by atoms with Gasteiger partial charge in [0.1, 0.15) is 24.0 Å². The van der Waals surface area contributed by atoms with Crippen LogP contribution in [0.1, 0.15) is 23.7 Å². The second kappa shape index (κ2) is 13.1. The molecule has 0 fully saturated rings. The summed E-state index contributed by atoms with van der Waals surface area (Å²) in [5.41, 5.74) is 4.59. The molecule has 0 amide bonds. The van der Waals surface area contributed by atoms with E-state index in [0.717, 1.165) is 38.7 Å². The maximum absolute atomic E-state index is 6.08. The van der Waals surface area contributed by atoms with Gasteiger partial charge >= 0.3 is 0 Å². The van der Waals surface area contributed by atoms with Gasteiger partial charge in [0.2, 0.25) is 5.75 Å². The van der Waals surface area contributed by atoms with Crippen LogP contribution in [-0.4, -0.2) is 52.3 Å². The first-order valence-electron chi connectivity index (χ1n) is 14.0. The maximum Gasteiger partial charge on any atom is 0.203 e. The number of hydrogen-bond acceptors (Lipinski definition) is 10. The number of thiazole rings is 1. The Labute approximate surface area is 259 Å². The Morgan fingerprint density at radius 1 is 0.727 bits per heavy atom. The van der Waals surface area contributed by atoms with Gasteiger partial charge in [0.15, 0.2) is 29.1 Å². The van der Waals surface area contributed by atoms with E-state index in [-0.39, 0.29) is 6.10 Å². The van der Waals surface area contributed by atoms with Gasteiger partial charge in [-0.2, -0.15) is 0 Å². The Morgan fingerprint density at radius 3 is 2.16 bits per heavy atom. The average Bonchev–Trinajstić information content (AvgIpc) is 3.74. The maximum atomic E-state index is 6.08. The fraction of sp³-hybridized carbons (Fsp3) is 0.235. The van der Waals surface area contributed by atoms with Crippen molar-refractivity contribution in [2.75, 3.05) is 41.7 Å². The molecule has 0 saturated heterocycles. The number of ether oxygens (including phenoxy) is 6. The Bertz CT molecular complexity index is 1730. The summed E-state index contributed by atoms with van der Waals surface area (Å²) >= 11 is 1.68. The summed E-state index contributed by atoms with van der Waals surface area (Å²) in [4.78, 5) is 10.6. The van der Waals surface area contributed by atoms with Gasteiger partial charge in [-0.05, 0) is 66.2 Å². The van der Waals surface area contributed by atoms with Crippen LogP contribution in [0.15, 0.2) is 84.0 Å². The van der Waals surface area contributed by atoms with Gasteiger partial charge in [-0.25, -0.2) is 4.98 Å². The van der Waals surface area contributed by atoms with Crippen molar-refractivity contribution in [3.8, 4) is 45.1 Å². The minimum atomic E-state index is -0.289. The number of benzene rings is 4. The summed E-state index contributed by atoms with van der Waals surface area (Å²) in [7, 11) is 6.36. The van der Waals surface area contributed by atoms with Crippen molar-refractivity contribution in [3.05, 3.63) is 90.0 Å². The zero-order valence-corrected chi connectivity index (χ0v) is 25.7. The quantitative estimate of drug-likeness (QED) is 0.135. The van der Waals surface area contributed by atoms with Gasteiger partial charge in [0.05, 0.1) is 44.4 Å². The number of rotatable bonds is 12. The first-order valence-corrected chi connectivity index (χ1v) is 14.8. The Morgan fingerprint density at radius 2 is 1.45 bits per heavy atom. The molecule has 1 aromatic heterocycles. The van der Waals surface area contributed by atoms with E-state index < -0.39 is 0 Å². The van der Waals surface area contributed by atoms with Crippen LogP contribution in [0, 0.1) is 0 Å². The zero-order valence-electron chi connectivity index (χ0n) is 24.9. The lowest BCUT2D eigenvalue weighted by Crippen LogP contribution is -2.10. The molecular weight excluding hydrogens is 580 g/mol. The molecule has 0 bridgehead atoms. The highest BCUT2D eigenvalue weighted by atomic mass is 32.1. The van der Waals surface area contributed by atoms with Crippen LogP contribution in [0.4, 0.5) is 0 Å². The molecular formula is C34H32N2O7S. The minimum absolute atomic E-state index is 0.289. The third-order valence-electron chi connectivity index (χ3n) is 7.23. The number of fused-ring (bicyclic) bond motifs is 1. The lowest BCUT2D eigenvalue weighted by molar-refractivity contribution is 0.0854. The number of methoxy groups -OCH3 is 4. The second-order valence-electron chi connectivity index (χ2n) is 9.87. The molecule has 0 radical (unpaired) electrons. The van der Waals surface area contributed by atoms with Gasteiger partial charge in [-0.15, -0.1) is 11.3 Å². The molecule has 6 rings (SSSR count). The van der Waals surface area contributed by atoms with E-state index in [4.69, 9.17) is 38.2 Å². The third-order valence-corrected chi connectivity index (χ3v) is 8.32. The zero-order chi connectivity index (χ0) is 30.5. The van der Waals surface area contributed by atoms with E-state index in [9.17, 15) is 0 Å². The molecule has 0 saturated carbocycles. The van der Waals surface area contributed by atoms with Crippen molar-refractivity contribution < 1.29 is 33.3 Å².